The summed E-state index contributed by atoms with van der Waals surface area (Å²) < 4.78 is 12.4. The fourth-order valence-electron chi connectivity index (χ4n) is 0.550. The van der Waals surface area contributed by atoms with E-state index in [1.165, 1.54) is 18.2 Å². The van der Waals surface area contributed by atoms with E-state index in [-0.39, 0.29) is 5.02 Å². The van der Waals surface area contributed by atoms with Gasteiger partial charge in [-0.15, -0.1) is 0 Å². The molecule has 1 aromatic carbocycles. The quantitative estimate of drug-likeness (QED) is 0.637. The number of hydrogen-bond donors (Lipinski definition) is 1. The van der Waals surface area contributed by atoms with E-state index in [1.54, 1.807) is 0 Å². The van der Waals surface area contributed by atoms with Gasteiger partial charge in [-0.1, -0.05) is 11.6 Å². The maximum Gasteiger partial charge on any atom is 0.148 e. The van der Waals surface area contributed by atoms with E-state index >= 15 is 0 Å². The van der Waals surface area contributed by atoms with E-state index in [0.717, 1.165) is 0 Å². The summed E-state index contributed by atoms with van der Waals surface area (Å²) in [7, 11) is 0. The zero-order valence-corrected chi connectivity index (χ0v) is 5.73. The lowest BCUT2D eigenvalue weighted by Gasteiger charge is -1.97. The van der Waals surface area contributed by atoms with E-state index < -0.39 is 5.82 Å². The van der Waals surface area contributed by atoms with Gasteiger partial charge in [-0.2, -0.15) is 5.90 Å². The first-order chi connectivity index (χ1) is 4.74. The zero-order chi connectivity index (χ0) is 7.56. The largest absolute Gasteiger partial charge is 0.411 e. The molecule has 2 N–H and O–H groups in total. The molecule has 1 rings (SSSR count). The molecule has 0 unspecified atom stereocenters. The molecule has 0 spiro atoms. The van der Waals surface area contributed by atoms with Crippen molar-refractivity contribution in [3.8, 4) is 5.75 Å². The van der Waals surface area contributed by atoms with Gasteiger partial charge in [-0.05, 0) is 12.1 Å². The molecule has 0 saturated heterocycles. The van der Waals surface area contributed by atoms with Gasteiger partial charge in [0.05, 0.1) is 5.02 Å². The summed E-state index contributed by atoms with van der Waals surface area (Å²) in [5, 5.41) is 0.00273. The molecule has 0 aliphatic carbocycles. The lowest BCUT2D eigenvalue weighted by Crippen LogP contribution is -2.01. The van der Waals surface area contributed by atoms with Crippen LogP contribution in [0.3, 0.4) is 0 Å². The van der Waals surface area contributed by atoms with Crippen LogP contribution >= 0.6 is 11.6 Å². The molecule has 0 radical (unpaired) electrons. The minimum absolute atomic E-state index is 0.00273. The first-order valence-electron chi connectivity index (χ1n) is 2.56. The van der Waals surface area contributed by atoms with Crippen molar-refractivity contribution in [3.63, 3.8) is 0 Å². The molecule has 0 fully saturated rings. The molecule has 2 nitrogen and oxygen atoms in total. The summed E-state index contributed by atoms with van der Waals surface area (Å²) in [4.78, 5) is 4.30. The van der Waals surface area contributed by atoms with Crippen LogP contribution in [0.2, 0.25) is 5.02 Å². The van der Waals surface area contributed by atoms with Crippen LogP contribution in [0, 0.1) is 5.82 Å². The smallest absolute Gasteiger partial charge is 0.148 e. The van der Waals surface area contributed by atoms with Crippen LogP contribution in [-0.2, 0) is 0 Å². The van der Waals surface area contributed by atoms with E-state index in [0.29, 0.717) is 5.75 Å². The summed E-state index contributed by atoms with van der Waals surface area (Å²) in [5.41, 5.74) is 0. The Labute approximate surface area is 62.3 Å². The first kappa shape index (κ1) is 7.31. The predicted molar refractivity (Wildman–Crippen MR) is 36.2 cm³/mol. The Kier molecular flexibility index (Phi) is 2.09. The highest BCUT2D eigenvalue weighted by Gasteiger charge is 1.99. The summed E-state index contributed by atoms with van der Waals surface area (Å²) in [5.74, 6) is 4.64. The number of nitrogens with two attached hydrogens (primary N) is 1. The number of halogens is 2. The van der Waals surface area contributed by atoms with Crippen LogP contribution in [0.15, 0.2) is 18.2 Å². The van der Waals surface area contributed by atoms with Gasteiger partial charge < -0.3 is 4.84 Å². The number of benzene rings is 1. The molecule has 4 heteroatoms. The molecule has 0 saturated carbocycles. The topological polar surface area (TPSA) is 35.2 Å². The second-order valence-corrected chi connectivity index (χ2v) is 2.10. The second kappa shape index (κ2) is 2.86. The molecular weight excluding hydrogens is 157 g/mol. The summed E-state index contributed by atoms with van der Waals surface area (Å²) in [6.07, 6.45) is 0. The molecular formula is C6H5ClFNO. The van der Waals surface area contributed by atoms with Crippen molar-refractivity contribution in [2.24, 2.45) is 5.90 Å². The van der Waals surface area contributed by atoms with Gasteiger partial charge in [-0.3, -0.25) is 0 Å². The summed E-state index contributed by atoms with van der Waals surface area (Å²) in [6, 6.07) is 3.88. The molecule has 1 aromatic rings. The normalized spacial score (nSPS) is 9.50. The van der Waals surface area contributed by atoms with E-state index in [1.807, 2.05) is 0 Å². The zero-order valence-electron chi connectivity index (χ0n) is 4.97. The number of hydrogen-bond acceptors (Lipinski definition) is 2. The van der Waals surface area contributed by atoms with Crippen LogP contribution in [0.5, 0.6) is 5.75 Å². The van der Waals surface area contributed by atoms with E-state index in [4.69, 9.17) is 17.5 Å². The van der Waals surface area contributed by atoms with Gasteiger partial charge in [0, 0.05) is 6.07 Å². The SMILES string of the molecule is NOc1ccc(F)c(Cl)c1. The van der Waals surface area contributed by atoms with E-state index in [2.05, 4.69) is 4.84 Å². The van der Waals surface area contributed by atoms with Gasteiger partial charge in [0.15, 0.2) is 0 Å². The van der Waals surface area contributed by atoms with E-state index in [9.17, 15) is 4.39 Å². The van der Waals surface area contributed by atoms with Crippen LogP contribution in [0.4, 0.5) is 4.39 Å². The van der Waals surface area contributed by atoms with Crippen molar-refractivity contribution in [3.05, 3.63) is 29.0 Å². The Hall–Kier alpha value is -0.800. The third-order valence-corrected chi connectivity index (χ3v) is 1.32. The third kappa shape index (κ3) is 1.37. The molecule has 0 heterocycles. The Morgan fingerprint density at radius 2 is 2.20 bits per heavy atom. The Morgan fingerprint density at radius 3 is 2.70 bits per heavy atom. The molecule has 0 aliphatic rings. The molecule has 0 amide bonds. The van der Waals surface area contributed by atoms with Crippen molar-refractivity contribution in [2.45, 2.75) is 0 Å². The molecule has 0 atom stereocenters. The minimum atomic E-state index is -0.484. The van der Waals surface area contributed by atoms with Crippen molar-refractivity contribution in [1.82, 2.24) is 0 Å². The van der Waals surface area contributed by atoms with Crippen LogP contribution in [0.25, 0.3) is 0 Å². The maximum absolute atomic E-state index is 12.4. The number of rotatable bonds is 1. The fraction of sp³-hybridized carbons (Fsp3) is 0. The van der Waals surface area contributed by atoms with Crippen LogP contribution in [-0.4, -0.2) is 0 Å². The molecule has 54 valence electrons. The molecule has 10 heavy (non-hydrogen) atoms. The Morgan fingerprint density at radius 1 is 1.50 bits per heavy atom. The third-order valence-electron chi connectivity index (χ3n) is 1.03. The fourth-order valence-corrected chi connectivity index (χ4v) is 0.721. The monoisotopic (exact) mass is 161 g/mol. The predicted octanol–water partition coefficient (Wildman–Crippen LogP) is 1.73. The molecule has 0 aliphatic heterocycles. The second-order valence-electron chi connectivity index (χ2n) is 1.69. The highest BCUT2D eigenvalue weighted by molar-refractivity contribution is 6.30. The van der Waals surface area contributed by atoms with Gasteiger partial charge >= 0.3 is 0 Å². The lowest BCUT2D eigenvalue weighted by molar-refractivity contribution is 0.334. The van der Waals surface area contributed by atoms with Crippen LogP contribution in [0.1, 0.15) is 0 Å². The molecule has 0 aromatic heterocycles. The van der Waals surface area contributed by atoms with Gasteiger partial charge in [0.1, 0.15) is 11.6 Å². The lowest BCUT2D eigenvalue weighted by atomic mass is 10.3. The van der Waals surface area contributed by atoms with Crippen LogP contribution < -0.4 is 10.7 Å². The standard InChI is InChI=1S/C6H5ClFNO/c7-5-3-4(10-9)1-2-6(5)8/h1-3H,9H2. The van der Waals surface area contributed by atoms with Gasteiger partial charge in [-0.25, -0.2) is 4.39 Å². The highest BCUT2D eigenvalue weighted by Crippen LogP contribution is 2.19. The maximum atomic E-state index is 12.4. The average molecular weight is 162 g/mol. The van der Waals surface area contributed by atoms with Crippen molar-refractivity contribution < 1.29 is 9.23 Å². The van der Waals surface area contributed by atoms with Gasteiger partial charge in [0.2, 0.25) is 0 Å². The van der Waals surface area contributed by atoms with Crippen molar-refractivity contribution in [2.75, 3.05) is 0 Å². The van der Waals surface area contributed by atoms with Crippen molar-refractivity contribution >= 4 is 11.6 Å². The minimum Gasteiger partial charge on any atom is -0.411 e. The first-order valence-corrected chi connectivity index (χ1v) is 2.93. The summed E-state index contributed by atoms with van der Waals surface area (Å²) in [6.45, 7) is 0. The summed E-state index contributed by atoms with van der Waals surface area (Å²) >= 11 is 5.38. The average Bonchev–Trinajstić information content (AvgIpc) is 1.95. The Bertz CT molecular complexity index is 241. The highest BCUT2D eigenvalue weighted by atomic mass is 35.5. The Balaban J connectivity index is 3.04. The molecule has 0 bridgehead atoms. The van der Waals surface area contributed by atoms with Gasteiger partial charge in [0.25, 0.3) is 0 Å². The van der Waals surface area contributed by atoms with Crippen molar-refractivity contribution in [1.29, 1.82) is 0 Å².